The van der Waals surface area contributed by atoms with Gasteiger partial charge in [-0.2, -0.15) is 13.2 Å². The number of halogens is 3. The van der Waals surface area contributed by atoms with Crippen LogP contribution in [0.25, 0.3) is 11.1 Å². The maximum atomic E-state index is 12.9. The number of para-hydroxylation sites is 1. The first-order chi connectivity index (χ1) is 11.7. The van der Waals surface area contributed by atoms with Crippen LogP contribution in [0.5, 0.6) is 11.6 Å². The van der Waals surface area contributed by atoms with Crippen molar-refractivity contribution in [2.45, 2.75) is 26.1 Å². The van der Waals surface area contributed by atoms with Crippen LogP contribution in [0.2, 0.25) is 0 Å². The van der Waals surface area contributed by atoms with Gasteiger partial charge in [-0.3, -0.25) is 4.79 Å². The number of carbonyl (C=O) groups excluding carboxylic acids is 1. The van der Waals surface area contributed by atoms with E-state index < -0.39 is 18.2 Å². The molecule has 0 fully saturated rings. The number of aromatic nitrogens is 1. The Bertz CT molecular complexity index is 791. The normalized spacial score (nSPS) is 12.6. The topological polar surface area (TPSA) is 74.4 Å². The lowest BCUT2D eigenvalue weighted by atomic mass is 9.98. The molecule has 0 saturated carbocycles. The second kappa shape index (κ2) is 7.00. The molecule has 0 radical (unpaired) electrons. The van der Waals surface area contributed by atoms with E-state index in [1.54, 1.807) is 13.0 Å². The highest BCUT2D eigenvalue weighted by molar-refractivity contribution is 5.98. The van der Waals surface area contributed by atoms with Crippen LogP contribution in [0.15, 0.2) is 30.5 Å². The summed E-state index contributed by atoms with van der Waals surface area (Å²) in [4.78, 5) is 15.8. The van der Waals surface area contributed by atoms with Gasteiger partial charge in [0.25, 0.3) is 5.91 Å². The minimum Gasteiger partial charge on any atom is -0.481 e. The molecule has 5 nitrogen and oxygen atoms in total. The molecule has 2 N–H and O–H groups in total. The number of nitrogens with two attached hydrogens (primary N) is 1. The number of methoxy groups -OCH3 is 1. The number of primary amides is 1. The zero-order chi connectivity index (χ0) is 18.8. The van der Waals surface area contributed by atoms with Crippen molar-refractivity contribution in [3.63, 3.8) is 0 Å². The minimum atomic E-state index is -4.60. The van der Waals surface area contributed by atoms with Gasteiger partial charge in [-0.05, 0) is 31.5 Å². The van der Waals surface area contributed by atoms with E-state index in [0.717, 1.165) is 6.92 Å². The number of carbonyl (C=O) groups is 1. The minimum absolute atomic E-state index is 0.154. The Morgan fingerprint density at radius 1 is 1.28 bits per heavy atom. The van der Waals surface area contributed by atoms with Crippen molar-refractivity contribution in [2.24, 2.45) is 5.73 Å². The number of nitrogens with zero attached hydrogens (tertiary/aromatic N) is 1. The molecule has 0 bridgehead atoms. The van der Waals surface area contributed by atoms with Gasteiger partial charge in [-0.15, -0.1) is 0 Å². The van der Waals surface area contributed by atoms with Gasteiger partial charge in [0.15, 0.2) is 6.10 Å². The molecular formula is C17H17F3N2O3. The van der Waals surface area contributed by atoms with Crippen molar-refractivity contribution < 1.29 is 27.4 Å². The summed E-state index contributed by atoms with van der Waals surface area (Å²) in [6.45, 7) is 2.60. The number of aryl methyl sites for hydroxylation is 1. The van der Waals surface area contributed by atoms with E-state index in [4.69, 9.17) is 15.2 Å². The molecule has 0 aliphatic rings. The van der Waals surface area contributed by atoms with Crippen LogP contribution < -0.4 is 15.2 Å². The number of pyridine rings is 1. The molecule has 0 spiro atoms. The first-order valence-electron chi connectivity index (χ1n) is 7.33. The maximum absolute atomic E-state index is 12.9. The molecule has 25 heavy (non-hydrogen) atoms. The monoisotopic (exact) mass is 354 g/mol. The van der Waals surface area contributed by atoms with Gasteiger partial charge in [0.1, 0.15) is 5.75 Å². The van der Waals surface area contributed by atoms with Crippen LogP contribution in [0, 0.1) is 6.92 Å². The van der Waals surface area contributed by atoms with Crippen LogP contribution in [0.3, 0.4) is 0 Å². The molecule has 0 aliphatic heterocycles. The van der Waals surface area contributed by atoms with Gasteiger partial charge in [-0.25, -0.2) is 4.98 Å². The van der Waals surface area contributed by atoms with E-state index in [2.05, 4.69) is 4.98 Å². The van der Waals surface area contributed by atoms with E-state index >= 15 is 0 Å². The molecule has 0 aliphatic carbocycles. The van der Waals surface area contributed by atoms with Crippen molar-refractivity contribution in [2.75, 3.05) is 7.11 Å². The Morgan fingerprint density at radius 2 is 1.96 bits per heavy atom. The largest absolute Gasteiger partial charge is 0.481 e. The summed E-state index contributed by atoms with van der Waals surface area (Å²) >= 11 is 0. The molecule has 8 heteroatoms. The van der Waals surface area contributed by atoms with Gasteiger partial charge >= 0.3 is 6.18 Å². The fraction of sp³-hybridized carbons (Fsp3) is 0.294. The first-order valence-corrected chi connectivity index (χ1v) is 7.33. The molecule has 1 unspecified atom stereocenters. The number of alkyl halides is 3. The van der Waals surface area contributed by atoms with E-state index in [-0.39, 0.29) is 22.8 Å². The number of hydrogen-bond donors (Lipinski definition) is 1. The predicted octanol–water partition coefficient (Wildman–Crippen LogP) is 3.49. The third kappa shape index (κ3) is 3.84. The molecule has 1 amide bonds. The van der Waals surface area contributed by atoms with E-state index in [9.17, 15) is 18.0 Å². The second-order valence-corrected chi connectivity index (χ2v) is 5.36. The van der Waals surface area contributed by atoms with Crippen molar-refractivity contribution in [1.82, 2.24) is 4.98 Å². The third-order valence-corrected chi connectivity index (χ3v) is 3.62. The number of amides is 1. The lowest BCUT2D eigenvalue weighted by Crippen LogP contribution is -2.32. The zero-order valence-electron chi connectivity index (χ0n) is 13.8. The number of ether oxygens (including phenoxy) is 2. The second-order valence-electron chi connectivity index (χ2n) is 5.36. The van der Waals surface area contributed by atoms with Crippen LogP contribution in [-0.4, -0.2) is 30.3 Å². The van der Waals surface area contributed by atoms with Crippen LogP contribution in [0.1, 0.15) is 22.8 Å². The zero-order valence-corrected chi connectivity index (χ0v) is 13.8. The molecule has 134 valence electrons. The third-order valence-electron chi connectivity index (χ3n) is 3.62. The lowest BCUT2D eigenvalue weighted by molar-refractivity contribution is -0.189. The van der Waals surface area contributed by atoms with E-state index in [1.807, 2.05) is 0 Å². The Labute approximate surface area is 142 Å². The average molecular weight is 354 g/mol. The quantitative estimate of drug-likeness (QED) is 0.892. The maximum Gasteiger partial charge on any atom is 0.425 e. The highest BCUT2D eigenvalue weighted by Gasteiger charge is 2.39. The lowest BCUT2D eigenvalue weighted by Gasteiger charge is -2.22. The molecule has 0 saturated heterocycles. The smallest absolute Gasteiger partial charge is 0.425 e. The fourth-order valence-corrected chi connectivity index (χ4v) is 2.31. The van der Waals surface area contributed by atoms with Crippen LogP contribution in [0.4, 0.5) is 13.2 Å². The SMILES string of the molecule is COc1nccc(C)c1-c1cccc(C(N)=O)c1OC(C)C(F)(F)F. The van der Waals surface area contributed by atoms with Crippen LogP contribution >= 0.6 is 0 Å². The van der Waals surface area contributed by atoms with E-state index in [0.29, 0.717) is 11.1 Å². The molecule has 1 aromatic carbocycles. The number of hydrogen-bond acceptors (Lipinski definition) is 4. The summed E-state index contributed by atoms with van der Waals surface area (Å²) in [6.07, 6.45) is -5.22. The van der Waals surface area contributed by atoms with Gasteiger partial charge < -0.3 is 15.2 Å². The molecule has 2 rings (SSSR count). The summed E-state index contributed by atoms with van der Waals surface area (Å²) in [6, 6.07) is 6.01. The standard InChI is InChI=1S/C17H17F3N2O3/c1-9-7-8-22-16(24-3)13(9)11-5-4-6-12(15(21)23)14(11)25-10(2)17(18,19)20/h4-8,10H,1-3H3,(H2,21,23). The summed E-state index contributed by atoms with van der Waals surface area (Å²) < 4.78 is 49.2. The van der Waals surface area contributed by atoms with E-state index in [1.165, 1.54) is 31.5 Å². The Balaban J connectivity index is 2.71. The van der Waals surface area contributed by atoms with Gasteiger partial charge in [0, 0.05) is 11.8 Å². The van der Waals surface area contributed by atoms with Crippen molar-refractivity contribution >= 4 is 5.91 Å². The number of benzene rings is 1. The summed E-state index contributed by atoms with van der Waals surface area (Å²) in [5, 5.41) is 0. The molecule has 2 aromatic rings. The van der Waals surface area contributed by atoms with Gasteiger partial charge in [0.05, 0.1) is 18.2 Å². The Morgan fingerprint density at radius 3 is 2.52 bits per heavy atom. The van der Waals surface area contributed by atoms with Gasteiger partial charge in [0.2, 0.25) is 5.88 Å². The highest BCUT2D eigenvalue weighted by Crippen LogP contribution is 2.40. The molecule has 1 heterocycles. The van der Waals surface area contributed by atoms with Crippen molar-refractivity contribution in [1.29, 1.82) is 0 Å². The van der Waals surface area contributed by atoms with Crippen molar-refractivity contribution in [3.8, 4) is 22.8 Å². The summed E-state index contributed by atoms with van der Waals surface area (Å²) in [5.74, 6) is -0.952. The van der Waals surface area contributed by atoms with Gasteiger partial charge in [-0.1, -0.05) is 12.1 Å². The average Bonchev–Trinajstić information content (AvgIpc) is 2.53. The molecule has 1 aromatic heterocycles. The molecular weight excluding hydrogens is 337 g/mol. The Hall–Kier alpha value is -2.77. The predicted molar refractivity (Wildman–Crippen MR) is 85.6 cm³/mol. The number of rotatable bonds is 5. The summed E-state index contributed by atoms with van der Waals surface area (Å²) in [7, 11) is 1.39. The molecule has 1 atom stereocenters. The highest BCUT2D eigenvalue weighted by atomic mass is 19.4. The fourth-order valence-electron chi connectivity index (χ4n) is 2.31. The van der Waals surface area contributed by atoms with Crippen molar-refractivity contribution in [3.05, 3.63) is 41.6 Å². The first kappa shape index (κ1) is 18.6. The summed E-state index contributed by atoms with van der Waals surface area (Å²) in [5.41, 5.74) is 6.52. The Kier molecular flexibility index (Phi) is 5.20. The van der Waals surface area contributed by atoms with Crippen LogP contribution in [-0.2, 0) is 0 Å².